The number of phosphoric ester groups is 2. The molecule has 0 aliphatic carbocycles. The van der Waals surface area contributed by atoms with E-state index < -0.39 is 97.5 Å². The maximum Gasteiger partial charge on any atom is 0.472 e. The standard InChI is InChI=1S/C85H166O17P2/c1-8-10-11-12-13-14-15-16-21-27-33-38-47-54-61-68-85(90)102-81(73-96-83(88)67-60-53-46-41-40-43-50-57-64-77(5)6)75-100-104(93,94)98-71-79(86)70-97-103(91,92)99-74-80(72-95-82(87)66-59-52-45-37-32-29-24-25-30-35-42-49-56-63-76(3)4)101-84(89)69-62-55-48-39-34-28-23-20-18-17-19-22-26-31-36-44-51-58-65-78(7)9-2/h76-81,86H,8-75H2,1-7H3,(H,91,92)(H,93,94)/t78?,79-,80-,81-/m1/s1. The van der Waals surface area contributed by atoms with Gasteiger partial charge in [-0.25, -0.2) is 9.13 Å². The highest BCUT2D eigenvalue weighted by atomic mass is 31.2. The second-order valence-corrected chi connectivity index (χ2v) is 34.7. The van der Waals surface area contributed by atoms with Crippen molar-refractivity contribution in [2.45, 2.75) is 465 Å². The summed E-state index contributed by atoms with van der Waals surface area (Å²) >= 11 is 0. The van der Waals surface area contributed by atoms with Gasteiger partial charge in [-0.3, -0.25) is 37.3 Å². The molecule has 0 fully saturated rings. The molecule has 0 spiro atoms. The third-order valence-corrected chi connectivity index (χ3v) is 22.1. The number of ether oxygens (including phenoxy) is 4. The van der Waals surface area contributed by atoms with Crippen LogP contribution in [0.5, 0.6) is 0 Å². The van der Waals surface area contributed by atoms with Gasteiger partial charge in [-0.15, -0.1) is 0 Å². The number of aliphatic hydroxyl groups is 1. The van der Waals surface area contributed by atoms with Crippen LogP contribution in [-0.4, -0.2) is 96.7 Å². The van der Waals surface area contributed by atoms with Crippen LogP contribution in [0.4, 0.5) is 0 Å². The average Bonchev–Trinajstić information content (AvgIpc) is 0.911. The molecule has 618 valence electrons. The molecule has 17 nitrogen and oxygen atoms in total. The van der Waals surface area contributed by atoms with Crippen molar-refractivity contribution in [2.24, 2.45) is 17.8 Å². The van der Waals surface area contributed by atoms with E-state index >= 15 is 0 Å². The molecule has 0 saturated heterocycles. The van der Waals surface area contributed by atoms with Crippen molar-refractivity contribution in [3.63, 3.8) is 0 Å². The molecule has 0 aromatic rings. The van der Waals surface area contributed by atoms with E-state index in [-0.39, 0.29) is 25.7 Å². The molecule has 0 aliphatic heterocycles. The topological polar surface area (TPSA) is 237 Å². The van der Waals surface area contributed by atoms with E-state index in [9.17, 15) is 43.2 Å². The summed E-state index contributed by atoms with van der Waals surface area (Å²) in [6, 6.07) is 0. The third-order valence-electron chi connectivity index (χ3n) is 20.2. The smallest absolute Gasteiger partial charge is 0.462 e. The van der Waals surface area contributed by atoms with E-state index in [0.29, 0.717) is 25.7 Å². The zero-order valence-electron chi connectivity index (χ0n) is 68.5. The molecule has 0 amide bonds. The van der Waals surface area contributed by atoms with Gasteiger partial charge in [-0.1, -0.05) is 395 Å². The Kier molecular flexibility index (Phi) is 73.7. The molecule has 0 bridgehead atoms. The second-order valence-electron chi connectivity index (χ2n) is 31.8. The van der Waals surface area contributed by atoms with Gasteiger partial charge in [0.05, 0.1) is 26.4 Å². The molecule has 19 heteroatoms. The number of rotatable bonds is 83. The number of hydrogen-bond acceptors (Lipinski definition) is 15. The number of carbonyl (C=O) groups excluding carboxylic acids is 4. The first kappa shape index (κ1) is 102. The molecule has 0 saturated carbocycles. The predicted molar refractivity (Wildman–Crippen MR) is 428 cm³/mol. The lowest BCUT2D eigenvalue weighted by atomic mass is 9.99. The van der Waals surface area contributed by atoms with Gasteiger partial charge >= 0.3 is 39.5 Å². The molecule has 6 atom stereocenters. The molecular formula is C85H166O17P2. The van der Waals surface area contributed by atoms with Crippen molar-refractivity contribution in [3.8, 4) is 0 Å². The van der Waals surface area contributed by atoms with E-state index in [1.54, 1.807) is 0 Å². The SMILES string of the molecule is CCCCCCCCCCCCCCCCCC(=O)O[C@H](COC(=O)CCCCCCCCCCC(C)C)COP(=O)(O)OC[C@H](O)COP(=O)(O)OC[C@@H](COC(=O)CCCCCCCCCCCCCCCC(C)C)OC(=O)CCCCCCCCCCCCCCCCCCCCC(C)CC. The largest absolute Gasteiger partial charge is 0.472 e. The van der Waals surface area contributed by atoms with Crippen LogP contribution < -0.4 is 0 Å². The summed E-state index contributed by atoms with van der Waals surface area (Å²) in [7, 11) is -9.93. The van der Waals surface area contributed by atoms with E-state index in [0.717, 1.165) is 108 Å². The number of unbranched alkanes of at least 4 members (excludes halogenated alkanes) is 50. The summed E-state index contributed by atoms with van der Waals surface area (Å²) in [5.74, 6) is 0.283. The van der Waals surface area contributed by atoms with Crippen LogP contribution in [0.15, 0.2) is 0 Å². The first-order chi connectivity index (χ1) is 50.3. The van der Waals surface area contributed by atoms with Crippen LogP contribution in [0.1, 0.15) is 447 Å². The Morgan fingerprint density at radius 1 is 0.279 bits per heavy atom. The minimum absolute atomic E-state index is 0.108. The molecule has 0 aromatic carbocycles. The lowest BCUT2D eigenvalue weighted by Gasteiger charge is -2.21. The average molecular weight is 1520 g/mol. The molecule has 0 rings (SSSR count). The number of aliphatic hydroxyl groups excluding tert-OH is 1. The molecule has 0 heterocycles. The van der Waals surface area contributed by atoms with Crippen molar-refractivity contribution in [2.75, 3.05) is 39.6 Å². The van der Waals surface area contributed by atoms with Crippen molar-refractivity contribution in [1.29, 1.82) is 0 Å². The maximum absolute atomic E-state index is 13.1. The van der Waals surface area contributed by atoms with Crippen LogP contribution in [0.2, 0.25) is 0 Å². The molecule has 0 aliphatic rings. The van der Waals surface area contributed by atoms with E-state index in [1.165, 1.54) is 257 Å². The van der Waals surface area contributed by atoms with E-state index in [1.807, 2.05) is 0 Å². The lowest BCUT2D eigenvalue weighted by molar-refractivity contribution is -0.161. The Hall–Kier alpha value is -1.94. The molecule has 3 unspecified atom stereocenters. The van der Waals surface area contributed by atoms with Crippen LogP contribution in [0, 0.1) is 17.8 Å². The third kappa shape index (κ3) is 76.8. The molecule has 104 heavy (non-hydrogen) atoms. The van der Waals surface area contributed by atoms with Gasteiger partial charge in [0, 0.05) is 25.7 Å². The van der Waals surface area contributed by atoms with Crippen molar-refractivity contribution in [3.05, 3.63) is 0 Å². The monoisotopic (exact) mass is 1520 g/mol. The van der Waals surface area contributed by atoms with Crippen molar-refractivity contribution < 1.29 is 80.2 Å². The van der Waals surface area contributed by atoms with E-state index in [2.05, 4.69) is 48.5 Å². The number of carbonyl (C=O) groups is 4. The first-order valence-electron chi connectivity index (χ1n) is 43.9. The highest BCUT2D eigenvalue weighted by molar-refractivity contribution is 7.47. The summed E-state index contributed by atoms with van der Waals surface area (Å²) in [5, 5.41) is 10.7. The first-order valence-corrected chi connectivity index (χ1v) is 46.9. The van der Waals surface area contributed by atoms with Gasteiger partial charge in [0.2, 0.25) is 0 Å². The zero-order valence-corrected chi connectivity index (χ0v) is 70.3. The fourth-order valence-corrected chi connectivity index (χ4v) is 14.7. The highest BCUT2D eigenvalue weighted by Crippen LogP contribution is 2.45. The van der Waals surface area contributed by atoms with Crippen molar-refractivity contribution >= 4 is 39.5 Å². The summed E-state index contributed by atoms with van der Waals surface area (Å²) in [4.78, 5) is 73.2. The molecular weight excluding hydrogens is 1350 g/mol. The Labute approximate surface area is 638 Å². The van der Waals surface area contributed by atoms with Gasteiger partial charge in [0.1, 0.15) is 19.3 Å². The summed E-state index contributed by atoms with van der Waals surface area (Å²) < 4.78 is 68.9. The fourth-order valence-electron chi connectivity index (χ4n) is 13.2. The zero-order chi connectivity index (χ0) is 76.5. The molecule has 0 radical (unpaired) electrons. The van der Waals surface area contributed by atoms with Gasteiger partial charge in [0.25, 0.3) is 0 Å². The number of hydrogen-bond donors (Lipinski definition) is 3. The van der Waals surface area contributed by atoms with Gasteiger partial charge < -0.3 is 33.8 Å². The van der Waals surface area contributed by atoms with Crippen molar-refractivity contribution in [1.82, 2.24) is 0 Å². The second kappa shape index (κ2) is 75.1. The van der Waals surface area contributed by atoms with Crippen LogP contribution >= 0.6 is 15.6 Å². The van der Waals surface area contributed by atoms with E-state index in [4.69, 9.17) is 37.0 Å². The maximum atomic E-state index is 13.1. The minimum atomic E-state index is -4.97. The van der Waals surface area contributed by atoms with Gasteiger partial charge in [-0.05, 0) is 43.4 Å². The summed E-state index contributed by atoms with van der Waals surface area (Å²) in [6.45, 7) is 12.0. The van der Waals surface area contributed by atoms with Crippen LogP contribution in [-0.2, 0) is 65.4 Å². The summed E-state index contributed by atoms with van der Waals surface area (Å²) in [6.07, 6.45) is 65.2. The lowest BCUT2D eigenvalue weighted by Crippen LogP contribution is -2.30. The normalized spacial score (nSPS) is 14.2. The molecule has 3 N–H and O–H groups in total. The van der Waals surface area contributed by atoms with Gasteiger partial charge in [-0.2, -0.15) is 0 Å². The predicted octanol–water partition coefficient (Wildman–Crippen LogP) is 25.7. The number of esters is 4. The quantitative estimate of drug-likeness (QED) is 0.0222. The summed E-state index contributed by atoms with van der Waals surface area (Å²) in [5.41, 5.74) is 0. The Morgan fingerprint density at radius 3 is 0.731 bits per heavy atom. The highest BCUT2D eigenvalue weighted by Gasteiger charge is 2.30. The van der Waals surface area contributed by atoms with Gasteiger partial charge in [0.15, 0.2) is 12.2 Å². The number of phosphoric acid groups is 2. The Balaban J connectivity index is 5.23. The molecule has 0 aromatic heterocycles. The van der Waals surface area contributed by atoms with Crippen LogP contribution in [0.25, 0.3) is 0 Å². The Morgan fingerprint density at radius 2 is 0.490 bits per heavy atom. The Bertz CT molecular complexity index is 2010. The minimum Gasteiger partial charge on any atom is -0.462 e. The van der Waals surface area contributed by atoms with Crippen LogP contribution in [0.3, 0.4) is 0 Å². The fraction of sp³-hybridized carbons (Fsp3) is 0.953.